The second-order valence-corrected chi connectivity index (χ2v) is 11.3. The highest BCUT2D eigenvalue weighted by Gasteiger charge is 2.49. The van der Waals surface area contributed by atoms with E-state index in [9.17, 15) is 18.5 Å². The number of methoxy groups -OCH3 is 1. The van der Waals surface area contributed by atoms with Crippen LogP contribution in [-0.2, 0) is 21.1 Å². The highest BCUT2D eigenvalue weighted by Crippen LogP contribution is 2.41. The molecule has 2 aliphatic rings. The van der Waals surface area contributed by atoms with Gasteiger partial charge in [0.1, 0.15) is 17.4 Å². The molecule has 8 nitrogen and oxygen atoms in total. The summed E-state index contributed by atoms with van der Waals surface area (Å²) in [4.78, 5) is 18.8. The predicted octanol–water partition coefficient (Wildman–Crippen LogP) is 2.54. The number of hydrogen-bond acceptors (Lipinski definition) is 7. The summed E-state index contributed by atoms with van der Waals surface area (Å²) in [5, 5.41) is 12.6. The molecule has 2 aromatic carbocycles. The van der Waals surface area contributed by atoms with Crippen LogP contribution in [0.25, 0.3) is 0 Å². The van der Waals surface area contributed by atoms with Gasteiger partial charge in [0, 0.05) is 17.5 Å². The summed E-state index contributed by atoms with van der Waals surface area (Å²) in [7, 11) is -1.56. The summed E-state index contributed by atoms with van der Waals surface area (Å²) in [5.74, 6) is 0.292. The fraction of sp³-hybridized carbons (Fsp3) is 0.292. The third kappa shape index (κ3) is 5.43. The minimum Gasteiger partial charge on any atom is -0.497 e. The second kappa shape index (κ2) is 10.3. The third-order valence-corrected chi connectivity index (χ3v) is 8.85. The Hall–Kier alpha value is -3.29. The van der Waals surface area contributed by atoms with Gasteiger partial charge in [-0.1, -0.05) is 42.1 Å². The number of rotatable bonds is 7. The summed E-state index contributed by atoms with van der Waals surface area (Å²) < 4.78 is 29.7. The molecule has 2 heterocycles. The van der Waals surface area contributed by atoms with Crippen LogP contribution in [0.2, 0.25) is 0 Å². The molecule has 0 saturated carbocycles. The molecule has 2 atom stereocenters. The lowest BCUT2D eigenvalue weighted by Crippen LogP contribution is -2.37. The van der Waals surface area contributed by atoms with E-state index < -0.39 is 15.7 Å². The van der Waals surface area contributed by atoms with E-state index in [4.69, 9.17) is 4.74 Å². The van der Waals surface area contributed by atoms with Gasteiger partial charge in [-0.2, -0.15) is 5.26 Å². The van der Waals surface area contributed by atoms with E-state index in [1.54, 1.807) is 19.2 Å². The van der Waals surface area contributed by atoms with Crippen LogP contribution in [0.15, 0.2) is 71.4 Å². The zero-order valence-corrected chi connectivity index (χ0v) is 20.2. The van der Waals surface area contributed by atoms with Crippen molar-refractivity contribution in [3.63, 3.8) is 0 Å². The van der Waals surface area contributed by atoms with Gasteiger partial charge in [0.2, 0.25) is 0 Å². The summed E-state index contributed by atoms with van der Waals surface area (Å²) in [5.41, 5.74) is 1.75. The standard InChI is InChI=1S/C24H24N4O4S2/c1-32-20-9-7-19(8-10-20)28-21-15-34(30,31)16-22(21)33-24(28)27-14-18(13-25)23(29)26-12-11-17-5-3-2-4-6-17/h2-10,14,21-22H,11-12,15-16H2,1H3,(H,26,29)/b18-14+,27-24?/t21-,22-/m0/s1. The number of amidine groups is 1. The predicted molar refractivity (Wildman–Crippen MR) is 134 cm³/mol. The molecule has 4 rings (SSSR count). The van der Waals surface area contributed by atoms with E-state index >= 15 is 0 Å². The molecule has 0 spiro atoms. The molecule has 0 aromatic heterocycles. The lowest BCUT2D eigenvalue weighted by Gasteiger charge is -2.24. The summed E-state index contributed by atoms with van der Waals surface area (Å²) in [6.07, 6.45) is 1.91. The maximum absolute atomic E-state index is 12.5. The van der Waals surface area contributed by atoms with Gasteiger partial charge in [-0.3, -0.25) is 4.79 Å². The number of thioether (sulfide) groups is 1. The largest absolute Gasteiger partial charge is 0.497 e. The molecule has 1 amide bonds. The van der Waals surface area contributed by atoms with Crippen molar-refractivity contribution >= 4 is 38.4 Å². The Morgan fingerprint density at radius 1 is 1.24 bits per heavy atom. The van der Waals surface area contributed by atoms with E-state index in [2.05, 4.69) is 10.3 Å². The quantitative estimate of drug-likeness (QED) is 0.463. The number of carbonyl (C=O) groups excluding carboxylic acids is 1. The summed E-state index contributed by atoms with van der Waals surface area (Å²) in [6.45, 7) is 0.396. The Kier molecular flexibility index (Phi) is 7.24. The molecule has 0 bridgehead atoms. The van der Waals surface area contributed by atoms with E-state index in [-0.39, 0.29) is 28.4 Å². The molecule has 0 radical (unpaired) electrons. The molecule has 0 aliphatic carbocycles. The van der Waals surface area contributed by atoms with Gasteiger partial charge in [-0.05, 0) is 36.2 Å². The topological polar surface area (TPSA) is 112 Å². The summed E-state index contributed by atoms with van der Waals surface area (Å²) >= 11 is 1.36. The van der Waals surface area contributed by atoms with Crippen LogP contribution in [0, 0.1) is 11.3 Å². The van der Waals surface area contributed by atoms with Crippen LogP contribution >= 0.6 is 11.8 Å². The fourth-order valence-electron chi connectivity index (χ4n) is 3.94. The van der Waals surface area contributed by atoms with Crippen molar-refractivity contribution in [3.05, 3.63) is 71.9 Å². The third-order valence-electron chi connectivity index (χ3n) is 5.63. The first-order valence-electron chi connectivity index (χ1n) is 10.7. The number of fused-ring (bicyclic) bond motifs is 1. The van der Waals surface area contributed by atoms with Crippen LogP contribution in [0.5, 0.6) is 5.75 Å². The van der Waals surface area contributed by atoms with Crippen molar-refractivity contribution in [1.29, 1.82) is 5.26 Å². The van der Waals surface area contributed by atoms with Crippen molar-refractivity contribution in [2.24, 2.45) is 4.99 Å². The van der Waals surface area contributed by atoms with Crippen molar-refractivity contribution in [2.45, 2.75) is 17.7 Å². The molecule has 1 N–H and O–H groups in total. The Morgan fingerprint density at radius 3 is 2.65 bits per heavy atom. The monoisotopic (exact) mass is 496 g/mol. The van der Waals surface area contributed by atoms with Gasteiger partial charge in [0.05, 0.1) is 30.9 Å². The number of nitriles is 1. The van der Waals surface area contributed by atoms with Crippen LogP contribution in [-0.4, -0.2) is 55.9 Å². The fourth-order valence-corrected chi connectivity index (χ4v) is 7.83. The smallest absolute Gasteiger partial charge is 0.263 e. The first kappa shape index (κ1) is 23.9. The molecule has 2 saturated heterocycles. The van der Waals surface area contributed by atoms with Crippen LogP contribution in [0.1, 0.15) is 5.56 Å². The molecule has 0 unspecified atom stereocenters. The number of aliphatic imine (C=N–C) groups is 1. The highest BCUT2D eigenvalue weighted by atomic mass is 32.2. The highest BCUT2D eigenvalue weighted by molar-refractivity contribution is 8.16. The average Bonchev–Trinajstić information content (AvgIpc) is 3.31. The number of sulfone groups is 1. The molecule has 2 fully saturated rings. The minimum atomic E-state index is -3.14. The lowest BCUT2D eigenvalue weighted by molar-refractivity contribution is -0.117. The van der Waals surface area contributed by atoms with Gasteiger partial charge >= 0.3 is 0 Å². The zero-order valence-electron chi connectivity index (χ0n) is 18.5. The number of amides is 1. The zero-order chi connectivity index (χ0) is 24.1. The first-order valence-corrected chi connectivity index (χ1v) is 13.4. The number of carbonyl (C=O) groups is 1. The van der Waals surface area contributed by atoms with E-state index in [1.165, 1.54) is 18.0 Å². The number of anilines is 1. The van der Waals surface area contributed by atoms with Crippen molar-refractivity contribution < 1.29 is 17.9 Å². The van der Waals surface area contributed by atoms with Gasteiger partial charge in [0.15, 0.2) is 15.0 Å². The van der Waals surface area contributed by atoms with Crippen LogP contribution in [0.4, 0.5) is 5.69 Å². The van der Waals surface area contributed by atoms with E-state index in [0.717, 1.165) is 11.3 Å². The molecular formula is C24H24N4O4S2. The lowest BCUT2D eigenvalue weighted by atomic mass is 10.1. The Bertz CT molecular complexity index is 1250. The summed E-state index contributed by atoms with van der Waals surface area (Å²) in [6, 6.07) is 18.7. The molecule has 2 aliphatic heterocycles. The maximum Gasteiger partial charge on any atom is 0.263 e. The van der Waals surface area contributed by atoms with E-state index in [0.29, 0.717) is 23.9 Å². The Balaban J connectivity index is 1.52. The van der Waals surface area contributed by atoms with Crippen LogP contribution in [0.3, 0.4) is 0 Å². The van der Waals surface area contributed by atoms with Crippen molar-refractivity contribution in [3.8, 4) is 11.8 Å². The Labute approximate surface area is 203 Å². The normalized spacial score (nSPS) is 22.3. The maximum atomic E-state index is 12.5. The van der Waals surface area contributed by atoms with Gasteiger partial charge in [-0.15, -0.1) is 0 Å². The molecular weight excluding hydrogens is 472 g/mol. The number of nitrogens with zero attached hydrogens (tertiary/aromatic N) is 3. The SMILES string of the molecule is COc1ccc(N2C(=N/C=C(\C#N)C(=O)NCCc3ccccc3)S[C@H]3CS(=O)(=O)C[C@@H]32)cc1. The van der Waals surface area contributed by atoms with Crippen molar-refractivity contribution in [1.82, 2.24) is 5.32 Å². The number of ether oxygens (including phenoxy) is 1. The molecule has 34 heavy (non-hydrogen) atoms. The molecule has 10 heteroatoms. The first-order chi connectivity index (χ1) is 16.4. The van der Waals surface area contributed by atoms with Gasteiger partial charge < -0.3 is 15.0 Å². The Morgan fingerprint density at radius 2 is 1.97 bits per heavy atom. The minimum absolute atomic E-state index is 0.0323. The van der Waals surface area contributed by atoms with Gasteiger partial charge in [-0.25, -0.2) is 13.4 Å². The van der Waals surface area contributed by atoms with Crippen molar-refractivity contribution in [2.75, 3.05) is 30.1 Å². The number of hydrogen-bond donors (Lipinski definition) is 1. The second-order valence-electron chi connectivity index (χ2n) is 7.93. The number of benzene rings is 2. The number of nitrogens with one attached hydrogen (secondary N) is 1. The average molecular weight is 497 g/mol. The van der Waals surface area contributed by atoms with Crippen LogP contribution < -0.4 is 15.0 Å². The van der Waals surface area contributed by atoms with E-state index in [1.807, 2.05) is 53.4 Å². The molecule has 2 aromatic rings. The van der Waals surface area contributed by atoms with Gasteiger partial charge in [0.25, 0.3) is 5.91 Å². The molecule has 176 valence electrons.